The molecular weight excluding hydrogens is 530 g/mol. The van der Waals surface area contributed by atoms with Crippen LogP contribution in [-0.4, -0.2) is 42.2 Å². The van der Waals surface area contributed by atoms with E-state index in [-0.39, 0.29) is 5.56 Å². The van der Waals surface area contributed by atoms with Crippen LogP contribution in [0.1, 0.15) is 28.4 Å². The molecule has 1 amide bonds. The Balaban J connectivity index is 1.45. The molecule has 1 heterocycles. The molecule has 1 atom stereocenters. The fourth-order valence-corrected chi connectivity index (χ4v) is 4.48. The molecule has 0 spiro atoms. The molecule has 0 saturated heterocycles. The van der Waals surface area contributed by atoms with E-state index in [1.165, 1.54) is 0 Å². The number of esters is 1. The summed E-state index contributed by atoms with van der Waals surface area (Å²) < 4.78 is 16.2. The van der Waals surface area contributed by atoms with Crippen molar-refractivity contribution in [1.29, 1.82) is 0 Å². The second-order valence-corrected chi connectivity index (χ2v) is 9.87. The van der Waals surface area contributed by atoms with E-state index in [0.29, 0.717) is 28.1 Å². The summed E-state index contributed by atoms with van der Waals surface area (Å²) in [6.45, 7) is 5.44. The van der Waals surface area contributed by atoms with E-state index in [1.54, 1.807) is 39.3 Å². The van der Waals surface area contributed by atoms with Crippen molar-refractivity contribution in [2.75, 3.05) is 19.5 Å². The molecule has 1 N–H and O–H groups in total. The Kier molecular flexibility index (Phi) is 8.15. The molecule has 8 heteroatoms. The number of benzene rings is 4. The number of amides is 1. The van der Waals surface area contributed by atoms with Crippen molar-refractivity contribution >= 4 is 28.6 Å². The minimum Gasteiger partial charge on any atom is -0.497 e. The predicted molar refractivity (Wildman–Crippen MR) is 163 cm³/mol. The first-order chi connectivity index (χ1) is 20.3. The largest absolute Gasteiger partial charge is 0.497 e. The highest BCUT2D eigenvalue weighted by atomic mass is 16.5. The minimum absolute atomic E-state index is 0.265. The fourth-order valence-electron chi connectivity index (χ4n) is 4.48. The molecule has 0 aliphatic heterocycles. The highest BCUT2D eigenvalue weighted by Gasteiger charge is 2.21. The van der Waals surface area contributed by atoms with Gasteiger partial charge in [0.2, 0.25) is 0 Å². The van der Waals surface area contributed by atoms with E-state index in [1.807, 2.05) is 80.6 Å². The quantitative estimate of drug-likeness (QED) is 0.208. The fraction of sp³-hybridized carbons (Fsp3) is 0.176. The third kappa shape index (κ3) is 5.93. The lowest BCUT2D eigenvalue weighted by Gasteiger charge is -2.16. The monoisotopic (exact) mass is 561 g/mol. The molecule has 0 saturated carbocycles. The van der Waals surface area contributed by atoms with E-state index in [9.17, 15) is 9.59 Å². The minimum atomic E-state index is -1.01. The number of nitrogens with one attached hydrogen (secondary N) is 1. The zero-order valence-corrected chi connectivity index (χ0v) is 24.1. The molecule has 0 radical (unpaired) electrons. The van der Waals surface area contributed by atoms with Crippen molar-refractivity contribution in [2.24, 2.45) is 0 Å². The van der Waals surface area contributed by atoms with Crippen LogP contribution in [0, 0.1) is 13.8 Å². The van der Waals surface area contributed by atoms with Crippen molar-refractivity contribution in [1.82, 2.24) is 9.97 Å². The van der Waals surface area contributed by atoms with Gasteiger partial charge in [0.05, 0.1) is 42.2 Å². The number of carbonyl (C=O) groups is 2. The number of aromatic nitrogens is 2. The number of ether oxygens (including phenoxy) is 3. The van der Waals surface area contributed by atoms with Crippen LogP contribution in [0.15, 0.2) is 84.9 Å². The summed E-state index contributed by atoms with van der Waals surface area (Å²) in [4.78, 5) is 35.7. The summed E-state index contributed by atoms with van der Waals surface area (Å²) in [5.74, 6) is 0.411. The first-order valence-corrected chi connectivity index (χ1v) is 13.5. The van der Waals surface area contributed by atoms with Gasteiger partial charge in [0, 0.05) is 16.8 Å². The predicted octanol–water partition coefficient (Wildman–Crippen LogP) is 6.78. The Morgan fingerprint density at radius 3 is 1.88 bits per heavy atom. The third-order valence-electron chi connectivity index (χ3n) is 7.14. The summed E-state index contributed by atoms with van der Waals surface area (Å²) in [5.41, 5.74) is 7.10. The standard InChI is InChI=1S/C34H31N3O5/c1-20-7-6-8-28(21(20)2)37-33(38)22(3)42-34(39)25-13-18-29-30(19-25)36-32(24-11-16-27(41-5)17-12-24)31(35-29)23-9-14-26(40-4)15-10-23/h6-19,22H,1-5H3,(H,37,38). The second kappa shape index (κ2) is 12.1. The Bertz CT molecular complexity index is 1770. The second-order valence-electron chi connectivity index (χ2n) is 9.87. The van der Waals surface area contributed by atoms with Gasteiger partial charge in [-0.1, -0.05) is 12.1 Å². The van der Waals surface area contributed by atoms with Crippen LogP contribution in [0.25, 0.3) is 33.5 Å². The van der Waals surface area contributed by atoms with Gasteiger partial charge in [-0.05, 0) is 105 Å². The van der Waals surface area contributed by atoms with Crippen LogP contribution in [0.4, 0.5) is 5.69 Å². The first-order valence-electron chi connectivity index (χ1n) is 13.5. The molecule has 0 aliphatic rings. The summed E-state index contributed by atoms with van der Waals surface area (Å²) >= 11 is 0. The maximum Gasteiger partial charge on any atom is 0.338 e. The highest BCUT2D eigenvalue weighted by Crippen LogP contribution is 2.33. The number of nitrogens with zero attached hydrogens (tertiary/aromatic N) is 2. The lowest BCUT2D eigenvalue weighted by molar-refractivity contribution is -0.123. The molecule has 42 heavy (non-hydrogen) atoms. The van der Waals surface area contributed by atoms with Gasteiger partial charge in [-0.25, -0.2) is 14.8 Å². The van der Waals surface area contributed by atoms with Gasteiger partial charge in [-0.3, -0.25) is 4.79 Å². The SMILES string of the molecule is COc1ccc(-c2nc3ccc(C(=O)OC(C)C(=O)Nc4cccc(C)c4C)cc3nc2-c2ccc(OC)cc2)cc1. The molecule has 5 aromatic rings. The van der Waals surface area contributed by atoms with Gasteiger partial charge >= 0.3 is 5.97 Å². The lowest BCUT2D eigenvalue weighted by Crippen LogP contribution is -2.30. The number of anilines is 1. The number of fused-ring (bicyclic) bond motifs is 1. The van der Waals surface area contributed by atoms with E-state index in [0.717, 1.165) is 33.8 Å². The zero-order chi connectivity index (χ0) is 29.8. The Morgan fingerprint density at radius 2 is 1.31 bits per heavy atom. The average molecular weight is 562 g/mol. The number of rotatable bonds is 8. The number of hydrogen-bond donors (Lipinski definition) is 1. The van der Waals surface area contributed by atoms with Crippen molar-refractivity contribution in [3.63, 3.8) is 0 Å². The molecule has 5 rings (SSSR count). The van der Waals surface area contributed by atoms with Crippen molar-refractivity contribution in [3.05, 3.63) is 102 Å². The summed E-state index contributed by atoms with van der Waals surface area (Å²) in [7, 11) is 3.23. The smallest absolute Gasteiger partial charge is 0.338 e. The van der Waals surface area contributed by atoms with Gasteiger partial charge in [0.15, 0.2) is 6.10 Å². The van der Waals surface area contributed by atoms with Crippen LogP contribution in [0.3, 0.4) is 0 Å². The van der Waals surface area contributed by atoms with E-state index < -0.39 is 18.0 Å². The normalized spacial score (nSPS) is 11.5. The molecular formula is C34H31N3O5. The Hall–Kier alpha value is -5.24. The molecule has 212 valence electrons. The van der Waals surface area contributed by atoms with Crippen LogP contribution in [0.5, 0.6) is 11.5 Å². The molecule has 4 aromatic carbocycles. The molecule has 0 aliphatic carbocycles. The van der Waals surface area contributed by atoms with E-state index in [4.69, 9.17) is 24.2 Å². The molecule has 0 fully saturated rings. The van der Waals surface area contributed by atoms with Gasteiger partial charge in [0.25, 0.3) is 5.91 Å². The van der Waals surface area contributed by atoms with Crippen molar-refractivity contribution in [3.8, 4) is 34.0 Å². The topological polar surface area (TPSA) is 99.6 Å². The molecule has 8 nitrogen and oxygen atoms in total. The maximum atomic E-state index is 13.1. The number of carbonyl (C=O) groups excluding carboxylic acids is 2. The molecule has 0 bridgehead atoms. The summed E-state index contributed by atoms with van der Waals surface area (Å²) in [6, 6.07) is 25.8. The summed E-state index contributed by atoms with van der Waals surface area (Å²) in [6.07, 6.45) is -1.01. The number of methoxy groups -OCH3 is 2. The number of hydrogen-bond acceptors (Lipinski definition) is 7. The van der Waals surface area contributed by atoms with Crippen LogP contribution >= 0.6 is 0 Å². The first kappa shape index (κ1) is 28.3. The van der Waals surface area contributed by atoms with Gasteiger partial charge in [-0.15, -0.1) is 0 Å². The van der Waals surface area contributed by atoms with Crippen LogP contribution in [-0.2, 0) is 9.53 Å². The maximum absolute atomic E-state index is 13.1. The van der Waals surface area contributed by atoms with Crippen molar-refractivity contribution in [2.45, 2.75) is 26.9 Å². The van der Waals surface area contributed by atoms with Crippen molar-refractivity contribution < 1.29 is 23.8 Å². The van der Waals surface area contributed by atoms with Crippen LogP contribution < -0.4 is 14.8 Å². The van der Waals surface area contributed by atoms with Gasteiger partial charge in [0.1, 0.15) is 11.5 Å². The zero-order valence-electron chi connectivity index (χ0n) is 24.1. The van der Waals surface area contributed by atoms with E-state index >= 15 is 0 Å². The average Bonchev–Trinajstić information content (AvgIpc) is 3.02. The third-order valence-corrected chi connectivity index (χ3v) is 7.14. The highest BCUT2D eigenvalue weighted by molar-refractivity contribution is 5.99. The molecule has 1 unspecified atom stereocenters. The van der Waals surface area contributed by atoms with Gasteiger partial charge in [-0.2, -0.15) is 0 Å². The van der Waals surface area contributed by atoms with Crippen LogP contribution in [0.2, 0.25) is 0 Å². The Labute approximate surface area is 244 Å². The Morgan fingerprint density at radius 1 is 0.738 bits per heavy atom. The number of aryl methyl sites for hydroxylation is 1. The molecule has 1 aromatic heterocycles. The van der Waals surface area contributed by atoms with Gasteiger partial charge < -0.3 is 19.5 Å². The summed E-state index contributed by atoms with van der Waals surface area (Å²) in [5, 5.41) is 2.84. The van der Waals surface area contributed by atoms with E-state index in [2.05, 4.69) is 5.32 Å². The lowest BCUT2D eigenvalue weighted by atomic mass is 10.0.